The van der Waals surface area contributed by atoms with Gasteiger partial charge in [-0.15, -0.1) is 0 Å². The van der Waals surface area contributed by atoms with Gasteiger partial charge in [0.1, 0.15) is 0 Å². The van der Waals surface area contributed by atoms with Gasteiger partial charge < -0.3 is 41.7 Å². The maximum Gasteiger partial charge on any atom is 0.257 e. The molecule has 0 aliphatic rings. The topological polar surface area (TPSA) is 385 Å². The van der Waals surface area contributed by atoms with Crippen molar-refractivity contribution in [2.75, 3.05) is 44.3 Å². The molecule has 3 atom stereocenters. The Balaban J connectivity index is 0.000000169. The molecular formula is C95H78Cl8N8O16S4. The molecule has 0 saturated carbocycles. The molecule has 36 heteroatoms. The van der Waals surface area contributed by atoms with Crippen LogP contribution in [0.15, 0.2) is 323 Å². The monoisotopic (exact) mass is 1990 g/mol. The summed E-state index contributed by atoms with van der Waals surface area (Å²) < 4.78 is 101. The summed E-state index contributed by atoms with van der Waals surface area (Å²) >= 11 is 50.1. The van der Waals surface area contributed by atoms with Gasteiger partial charge in [-0.05, 0) is 226 Å². The van der Waals surface area contributed by atoms with Gasteiger partial charge in [-0.25, -0.2) is 33.7 Å². The fourth-order valence-corrected chi connectivity index (χ4v) is 20.7. The number of aliphatic hydroxyl groups excluding tert-OH is 3. The zero-order chi connectivity index (χ0) is 94.7. The summed E-state index contributed by atoms with van der Waals surface area (Å²) in [5.74, 6) is -3.98. The van der Waals surface area contributed by atoms with E-state index in [0.717, 1.165) is 0 Å². The minimum atomic E-state index is -3.86. The molecule has 0 saturated heterocycles. The largest absolute Gasteiger partial charge is 0.392 e. The number of aliphatic hydroxyl groups is 4. The Kier molecular flexibility index (Phi) is 34.2. The second-order valence-corrected chi connectivity index (χ2v) is 41.0. The van der Waals surface area contributed by atoms with Crippen LogP contribution in [0.2, 0.25) is 40.2 Å². The fraction of sp³-hybridized carbons (Fsp3) is 0.116. The number of benzene rings is 10. The van der Waals surface area contributed by atoms with Gasteiger partial charge in [0.05, 0.1) is 152 Å². The number of aromatic nitrogens is 4. The van der Waals surface area contributed by atoms with Crippen LogP contribution in [0, 0.1) is 0 Å². The van der Waals surface area contributed by atoms with Crippen LogP contribution >= 0.6 is 92.8 Å². The van der Waals surface area contributed by atoms with Crippen molar-refractivity contribution in [3.8, 4) is 45.0 Å². The summed E-state index contributed by atoms with van der Waals surface area (Å²) in [7, 11) is -15.2. The molecule has 0 radical (unpaired) electrons. The predicted molar refractivity (Wildman–Crippen MR) is 515 cm³/mol. The van der Waals surface area contributed by atoms with E-state index in [1.165, 1.54) is 93.6 Å². The number of rotatable bonds is 26. The number of anilines is 4. The molecule has 4 heterocycles. The molecule has 14 rings (SSSR count). The Bertz CT molecular complexity index is 6770. The third-order valence-electron chi connectivity index (χ3n) is 19.0. The maximum atomic E-state index is 12.9. The zero-order valence-electron chi connectivity index (χ0n) is 69.1. The fourth-order valence-electron chi connectivity index (χ4n) is 12.7. The first-order valence-corrected chi connectivity index (χ1v) is 48.8. The van der Waals surface area contributed by atoms with E-state index in [-0.39, 0.29) is 61.9 Å². The number of hydrogen-bond acceptors (Lipinski definition) is 20. The quantitative estimate of drug-likeness (QED) is 0.0250. The lowest BCUT2D eigenvalue weighted by atomic mass is 10.1. The average Bonchev–Trinajstić information content (AvgIpc) is 0.808. The van der Waals surface area contributed by atoms with Crippen LogP contribution in [0.1, 0.15) is 85.5 Å². The minimum Gasteiger partial charge on any atom is -0.392 e. The van der Waals surface area contributed by atoms with Gasteiger partial charge in [0.2, 0.25) is 0 Å². The Labute approximate surface area is 795 Å². The molecule has 14 aromatic rings. The van der Waals surface area contributed by atoms with Crippen LogP contribution in [0.5, 0.6) is 0 Å². The van der Waals surface area contributed by atoms with E-state index in [0.29, 0.717) is 99.0 Å². The number of halogens is 8. The molecule has 674 valence electrons. The molecule has 0 aliphatic heterocycles. The van der Waals surface area contributed by atoms with E-state index in [4.69, 9.17) is 92.8 Å². The smallest absolute Gasteiger partial charge is 0.257 e. The summed E-state index contributed by atoms with van der Waals surface area (Å²) in [5, 5.41) is 52.6. The van der Waals surface area contributed by atoms with Crippen LogP contribution in [0.4, 0.5) is 22.7 Å². The van der Waals surface area contributed by atoms with Crippen molar-refractivity contribution in [3.63, 3.8) is 0 Å². The maximum absolute atomic E-state index is 12.9. The summed E-state index contributed by atoms with van der Waals surface area (Å²) in [6.45, 7) is 4.19. The zero-order valence-corrected chi connectivity index (χ0v) is 78.4. The van der Waals surface area contributed by atoms with Crippen molar-refractivity contribution in [3.05, 3.63) is 377 Å². The number of amides is 4. The van der Waals surface area contributed by atoms with Gasteiger partial charge in [-0.3, -0.25) is 39.1 Å². The number of carbonyl (C=O) groups excluding carboxylic acids is 4. The molecule has 0 fully saturated rings. The van der Waals surface area contributed by atoms with Crippen LogP contribution in [-0.2, 0) is 39.3 Å². The van der Waals surface area contributed by atoms with Crippen molar-refractivity contribution >= 4 is 179 Å². The summed E-state index contributed by atoms with van der Waals surface area (Å²) in [5.41, 5.74) is 7.12. The van der Waals surface area contributed by atoms with E-state index in [1.54, 1.807) is 207 Å². The second-order valence-electron chi connectivity index (χ2n) is 29.6. The van der Waals surface area contributed by atoms with Crippen LogP contribution in [0.3, 0.4) is 0 Å². The second kappa shape index (κ2) is 44.7. The Morgan fingerprint density at radius 1 is 0.305 bits per heavy atom. The number of nitrogens with zero attached hydrogens (tertiary/aromatic N) is 4. The van der Waals surface area contributed by atoms with Crippen LogP contribution < -0.4 is 21.3 Å². The van der Waals surface area contributed by atoms with E-state index < -0.39 is 110 Å². The highest BCUT2D eigenvalue weighted by molar-refractivity contribution is 7.92. The molecule has 4 aromatic heterocycles. The number of hydrogen-bond donors (Lipinski definition) is 8. The lowest BCUT2D eigenvalue weighted by molar-refractivity contribution is 0.101. The number of carbonyl (C=O) groups is 4. The van der Waals surface area contributed by atoms with Crippen molar-refractivity contribution in [2.45, 2.75) is 64.3 Å². The van der Waals surface area contributed by atoms with E-state index in [1.807, 2.05) is 24.3 Å². The summed E-state index contributed by atoms with van der Waals surface area (Å²) in [4.78, 5) is 67.9. The van der Waals surface area contributed by atoms with Crippen LogP contribution in [0.25, 0.3) is 45.0 Å². The molecule has 0 unspecified atom stereocenters. The highest BCUT2D eigenvalue weighted by Crippen LogP contribution is 2.37. The van der Waals surface area contributed by atoms with Gasteiger partial charge >= 0.3 is 0 Å². The first kappa shape index (κ1) is 100. The first-order chi connectivity index (χ1) is 62.1. The lowest BCUT2D eigenvalue weighted by Gasteiger charge is -2.17. The SMILES string of the molecule is CC(C)(O)CS(=O)(=O)c1ccc(C(=O)Nc2ccc(Cl)c(-c3ccccn3)c2)c(Cl)c1.C[C@@H](O)CS(=O)(=O)c1ccc(C(=O)Nc2ccc(Cl)c(-c3ccccn3)c2)c(Cl)c1.O=C(Nc1ccc(Cl)c(-c2ccccn2)c1)c1ccc(S(=O)(=O)C[C@@H](O)c2ccccc2)cc1Cl.O=C(Nc1ccc(Cl)c(-c2ccccn2)c1)c1ccc(S(=O)(=O)C[C@H](O)c2ccccc2)cc1Cl. The number of sulfone groups is 4. The van der Waals surface area contributed by atoms with Gasteiger partial charge in [-0.1, -0.05) is 178 Å². The molecule has 0 spiro atoms. The third kappa shape index (κ3) is 27.6. The summed E-state index contributed by atoms with van der Waals surface area (Å²) in [6, 6.07) is 74.0. The van der Waals surface area contributed by atoms with Crippen LogP contribution in [-0.4, -0.2) is 132 Å². The highest BCUT2D eigenvalue weighted by atomic mass is 35.5. The highest BCUT2D eigenvalue weighted by Gasteiger charge is 2.30. The van der Waals surface area contributed by atoms with Gasteiger partial charge in [0.25, 0.3) is 23.6 Å². The van der Waals surface area contributed by atoms with E-state index in [9.17, 15) is 73.3 Å². The first-order valence-electron chi connectivity index (χ1n) is 39.2. The van der Waals surface area contributed by atoms with Crippen molar-refractivity contribution < 1.29 is 73.3 Å². The molecule has 8 N–H and O–H groups in total. The average molecular weight is 2000 g/mol. The molecule has 24 nitrogen and oxygen atoms in total. The number of pyridine rings is 4. The van der Waals surface area contributed by atoms with Crippen molar-refractivity contribution in [1.82, 2.24) is 19.9 Å². The Morgan fingerprint density at radius 3 is 0.763 bits per heavy atom. The molecular weight excluding hydrogens is 1920 g/mol. The van der Waals surface area contributed by atoms with E-state index in [2.05, 4.69) is 41.2 Å². The molecule has 0 aliphatic carbocycles. The Hall–Kier alpha value is -11.4. The number of nitrogens with one attached hydrogen (secondary N) is 4. The van der Waals surface area contributed by atoms with Gasteiger partial charge in [0, 0.05) is 69.8 Å². The van der Waals surface area contributed by atoms with Crippen molar-refractivity contribution in [2.24, 2.45) is 0 Å². The van der Waals surface area contributed by atoms with E-state index >= 15 is 0 Å². The lowest BCUT2D eigenvalue weighted by Crippen LogP contribution is -2.30. The van der Waals surface area contributed by atoms with Gasteiger partial charge in [0.15, 0.2) is 39.3 Å². The molecule has 131 heavy (non-hydrogen) atoms. The minimum absolute atomic E-state index is 0.0157. The summed E-state index contributed by atoms with van der Waals surface area (Å²) in [6.07, 6.45) is 3.17. The van der Waals surface area contributed by atoms with Gasteiger partial charge in [-0.2, -0.15) is 0 Å². The standard InChI is InChI=1S/2C26H20Cl2N2O4S.C22H20Cl2N2O4S.C21H18Cl2N2O4S/c2*27-22-12-9-18(14-21(22)24-8-4-5-13-29-24)30-26(32)20-11-10-19(15-23(20)28)35(33,34)16-25(31)17-6-2-1-3-7-17;1-22(2,28)13-31(29,30)15-7-8-16(19(24)12-15)21(27)26-14-6-9-18(23)17(11-14)20-5-3-4-10-25-20;1-13(26)12-30(28,29)15-6-7-16(19(23)11-15)21(27)25-14-5-8-18(22)17(10-14)20-4-2-3-9-24-20/h2*1-15,25,31H,16H2,(H,30,32);3-12,28H,13H2,1-2H3,(H,26,27);2-11,13,26H,12H2,1H3,(H,25,27)/t2*25-;;13-/m10.1/s1. The predicted octanol–water partition coefficient (Wildman–Crippen LogP) is 20.9. The Morgan fingerprint density at radius 2 is 0.542 bits per heavy atom. The third-order valence-corrected chi connectivity index (χ3v) is 28.9. The van der Waals surface area contributed by atoms with Crippen molar-refractivity contribution in [1.29, 1.82) is 0 Å². The molecule has 10 aromatic carbocycles. The molecule has 4 amide bonds. The molecule has 0 bridgehead atoms. The normalized spacial score (nSPS) is 12.2.